The van der Waals surface area contributed by atoms with Gasteiger partial charge >= 0.3 is 0 Å². The Morgan fingerprint density at radius 2 is 1.94 bits per heavy atom. The van der Waals surface area contributed by atoms with Crippen LogP contribution >= 0.6 is 0 Å². The predicted octanol–water partition coefficient (Wildman–Crippen LogP) is 2.82. The number of hydrogen-bond acceptors (Lipinski definition) is 7. The molecule has 0 saturated carbocycles. The smallest absolute Gasteiger partial charge is 0.264 e. The highest BCUT2D eigenvalue weighted by atomic mass is 16.6. The highest BCUT2D eigenvalue weighted by Crippen LogP contribution is 2.35. The van der Waals surface area contributed by atoms with E-state index in [-0.39, 0.29) is 30.2 Å². The van der Waals surface area contributed by atoms with Crippen molar-refractivity contribution in [1.29, 1.82) is 0 Å². The molecule has 0 aliphatic carbocycles. The van der Waals surface area contributed by atoms with Crippen LogP contribution in [0.4, 0.5) is 5.69 Å². The number of carbonyl (C=O) groups excluding carboxylic acids is 3. The topological polar surface area (TPSA) is 99.9 Å². The van der Waals surface area contributed by atoms with Crippen LogP contribution < -0.4 is 4.90 Å². The molecule has 174 valence electrons. The molecule has 2 aliphatic heterocycles. The highest BCUT2D eigenvalue weighted by molar-refractivity contribution is 6.23. The number of amides is 3. The van der Waals surface area contributed by atoms with Gasteiger partial charge in [-0.3, -0.25) is 19.3 Å². The first-order valence-electron chi connectivity index (χ1n) is 11.3. The average Bonchev–Trinajstić information content (AvgIpc) is 3.33. The standard InChI is InChI=1S/C24H29N5O4/c1-5-27(13-15(2)3)22(30)17-9-11-28(12-10-17)20-8-6-7-18-21(20)24(32)29(23(18)31)14-19-16(4)25-33-26-19/h6-8,17H,2,5,9-14H2,1,3-4H3. The zero-order chi connectivity index (χ0) is 23.7. The van der Waals surface area contributed by atoms with Crippen LogP contribution in [-0.2, 0) is 11.3 Å². The second kappa shape index (κ2) is 9.17. The quantitative estimate of drug-likeness (QED) is 0.471. The Balaban J connectivity index is 1.49. The van der Waals surface area contributed by atoms with Crippen molar-refractivity contribution in [2.75, 3.05) is 31.1 Å². The molecule has 0 radical (unpaired) electrons. The molecule has 9 nitrogen and oxygen atoms in total. The summed E-state index contributed by atoms with van der Waals surface area (Å²) in [5.74, 6) is -0.575. The maximum absolute atomic E-state index is 13.2. The molecule has 2 aromatic rings. The van der Waals surface area contributed by atoms with Crippen LogP contribution in [0.1, 0.15) is 58.8 Å². The van der Waals surface area contributed by atoms with Gasteiger partial charge in [0.1, 0.15) is 11.4 Å². The largest absolute Gasteiger partial charge is 0.371 e. The van der Waals surface area contributed by atoms with Crippen molar-refractivity contribution >= 4 is 23.4 Å². The van der Waals surface area contributed by atoms with Crippen LogP contribution in [0.5, 0.6) is 0 Å². The van der Waals surface area contributed by atoms with Gasteiger partial charge in [-0.05, 0) is 45.7 Å². The van der Waals surface area contributed by atoms with Crippen molar-refractivity contribution in [3.63, 3.8) is 0 Å². The van der Waals surface area contributed by atoms with Gasteiger partial charge in [0.15, 0.2) is 0 Å². The van der Waals surface area contributed by atoms with Crippen molar-refractivity contribution in [3.05, 3.63) is 52.9 Å². The van der Waals surface area contributed by atoms with Gasteiger partial charge in [0.05, 0.1) is 23.4 Å². The minimum Gasteiger partial charge on any atom is -0.371 e. The first kappa shape index (κ1) is 22.7. The molecular weight excluding hydrogens is 422 g/mol. The Kier molecular flexibility index (Phi) is 6.31. The van der Waals surface area contributed by atoms with E-state index in [4.69, 9.17) is 4.63 Å². The SMILES string of the molecule is C=C(C)CN(CC)C(=O)C1CCN(c2cccc3c2C(=O)N(Cc2nonc2C)C3=O)CC1. The first-order valence-corrected chi connectivity index (χ1v) is 11.3. The van der Waals surface area contributed by atoms with Gasteiger partial charge in [-0.25, -0.2) is 4.63 Å². The lowest BCUT2D eigenvalue weighted by atomic mass is 9.94. The molecule has 33 heavy (non-hydrogen) atoms. The van der Waals surface area contributed by atoms with E-state index in [1.807, 2.05) is 24.8 Å². The molecule has 9 heteroatoms. The van der Waals surface area contributed by atoms with Gasteiger partial charge in [-0.15, -0.1) is 0 Å². The maximum Gasteiger partial charge on any atom is 0.264 e. The minimum absolute atomic E-state index is 0.0211. The summed E-state index contributed by atoms with van der Waals surface area (Å²) in [5.41, 5.74) is 3.52. The molecule has 1 saturated heterocycles. The molecule has 0 N–H and O–H groups in total. The van der Waals surface area contributed by atoms with E-state index in [1.165, 1.54) is 4.90 Å². The Morgan fingerprint density at radius 1 is 1.21 bits per heavy atom. The Morgan fingerprint density at radius 3 is 2.55 bits per heavy atom. The number of nitrogens with zero attached hydrogens (tertiary/aromatic N) is 5. The van der Waals surface area contributed by atoms with E-state index in [9.17, 15) is 14.4 Å². The van der Waals surface area contributed by atoms with Crippen molar-refractivity contribution in [3.8, 4) is 0 Å². The second-order valence-corrected chi connectivity index (χ2v) is 8.76. The summed E-state index contributed by atoms with van der Waals surface area (Å²) in [5, 5.41) is 7.53. The van der Waals surface area contributed by atoms with Crippen molar-refractivity contribution in [2.24, 2.45) is 5.92 Å². The van der Waals surface area contributed by atoms with Crippen LogP contribution in [-0.4, -0.2) is 64.0 Å². The molecule has 1 aromatic carbocycles. The molecule has 0 unspecified atom stereocenters. The maximum atomic E-state index is 13.2. The number of carbonyl (C=O) groups is 3. The zero-order valence-electron chi connectivity index (χ0n) is 19.3. The molecule has 0 atom stereocenters. The van der Waals surface area contributed by atoms with Gasteiger partial charge in [-0.2, -0.15) is 0 Å². The van der Waals surface area contributed by atoms with E-state index in [0.29, 0.717) is 61.5 Å². The van der Waals surface area contributed by atoms with Gasteiger partial charge < -0.3 is 9.80 Å². The number of benzene rings is 1. The summed E-state index contributed by atoms with van der Waals surface area (Å²) in [6.07, 6.45) is 1.40. The minimum atomic E-state index is -0.345. The van der Waals surface area contributed by atoms with Gasteiger partial charge in [0, 0.05) is 32.1 Å². The van der Waals surface area contributed by atoms with Crippen LogP contribution in [0.3, 0.4) is 0 Å². The lowest BCUT2D eigenvalue weighted by Gasteiger charge is -2.36. The summed E-state index contributed by atoms with van der Waals surface area (Å²) >= 11 is 0. The summed E-state index contributed by atoms with van der Waals surface area (Å²) in [6.45, 7) is 12.1. The van der Waals surface area contributed by atoms with E-state index in [0.717, 1.165) is 11.3 Å². The molecule has 1 aromatic heterocycles. The molecule has 3 amide bonds. The van der Waals surface area contributed by atoms with Gasteiger partial charge in [0.2, 0.25) is 5.91 Å². The molecule has 2 aliphatic rings. The lowest BCUT2D eigenvalue weighted by Crippen LogP contribution is -2.43. The molecule has 1 fully saturated rings. The van der Waals surface area contributed by atoms with Gasteiger partial charge in [0.25, 0.3) is 11.8 Å². The fourth-order valence-corrected chi connectivity index (χ4v) is 4.56. The lowest BCUT2D eigenvalue weighted by molar-refractivity contribution is -0.135. The number of imide groups is 1. The Labute approximate surface area is 193 Å². The first-order chi connectivity index (χ1) is 15.8. The van der Waals surface area contributed by atoms with Crippen molar-refractivity contribution in [2.45, 2.75) is 40.2 Å². The molecular formula is C24H29N5O4. The van der Waals surface area contributed by atoms with E-state index in [2.05, 4.69) is 21.8 Å². The van der Waals surface area contributed by atoms with E-state index >= 15 is 0 Å². The summed E-state index contributed by atoms with van der Waals surface area (Å²) in [4.78, 5) is 44.3. The van der Waals surface area contributed by atoms with Crippen LogP contribution in [0.25, 0.3) is 0 Å². The molecule has 4 rings (SSSR count). The number of rotatable bonds is 7. The Bertz CT molecular complexity index is 1100. The number of anilines is 1. The van der Waals surface area contributed by atoms with E-state index in [1.54, 1.807) is 19.1 Å². The number of likely N-dealkylation sites (N-methyl/N-ethyl adjacent to an activating group) is 1. The predicted molar refractivity (Wildman–Crippen MR) is 122 cm³/mol. The third kappa shape index (κ3) is 4.27. The highest BCUT2D eigenvalue weighted by Gasteiger charge is 2.40. The fraction of sp³-hybridized carbons (Fsp3) is 0.458. The third-order valence-electron chi connectivity index (χ3n) is 6.37. The molecule has 0 spiro atoms. The number of aromatic nitrogens is 2. The van der Waals surface area contributed by atoms with Crippen LogP contribution in [0, 0.1) is 12.8 Å². The number of fused-ring (bicyclic) bond motifs is 1. The summed E-state index contributed by atoms with van der Waals surface area (Å²) < 4.78 is 4.70. The Hall–Kier alpha value is -3.49. The fourth-order valence-electron chi connectivity index (χ4n) is 4.56. The summed E-state index contributed by atoms with van der Waals surface area (Å²) in [6, 6.07) is 5.35. The molecule has 3 heterocycles. The number of piperidine rings is 1. The van der Waals surface area contributed by atoms with Crippen LogP contribution in [0.2, 0.25) is 0 Å². The monoisotopic (exact) mass is 451 g/mol. The average molecular weight is 452 g/mol. The number of hydrogen-bond donors (Lipinski definition) is 0. The van der Waals surface area contributed by atoms with Crippen molar-refractivity contribution in [1.82, 2.24) is 20.1 Å². The summed E-state index contributed by atoms with van der Waals surface area (Å²) in [7, 11) is 0. The third-order valence-corrected chi connectivity index (χ3v) is 6.37. The number of aryl methyl sites for hydroxylation is 1. The van der Waals surface area contributed by atoms with Crippen molar-refractivity contribution < 1.29 is 19.0 Å². The van der Waals surface area contributed by atoms with Gasteiger partial charge in [-0.1, -0.05) is 28.5 Å². The molecule has 0 bridgehead atoms. The second-order valence-electron chi connectivity index (χ2n) is 8.76. The van der Waals surface area contributed by atoms with E-state index < -0.39 is 0 Å². The van der Waals surface area contributed by atoms with Crippen LogP contribution in [0.15, 0.2) is 35.0 Å². The zero-order valence-corrected chi connectivity index (χ0v) is 19.3. The normalized spacial score (nSPS) is 16.3.